The number of hydrogen-bond donors (Lipinski definition) is 3. The maximum absolute atomic E-state index is 10.6. The average Bonchev–Trinajstić information content (AvgIpc) is 2.45. The average molecular weight is 178 g/mol. The van der Waals surface area contributed by atoms with E-state index in [2.05, 4.69) is 9.97 Å². The molecule has 0 saturated heterocycles. The van der Waals surface area contributed by atoms with Crippen molar-refractivity contribution >= 4 is 17.0 Å². The first kappa shape index (κ1) is 7.60. The van der Waals surface area contributed by atoms with Crippen LogP contribution in [0, 0.1) is 0 Å². The minimum absolute atomic E-state index is 0.228. The molecule has 13 heavy (non-hydrogen) atoms. The van der Waals surface area contributed by atoms with Crippen LogP contribution in [0.25, 0.3) is 11.0 Å². The van der Waals surface area contributed by atoms with Crippen molar-refractivity contribution in [2.75, 3.05) is 0 Å². The molecule has 0 bridgehead atoms. The highest BCUT2D eigenvalue weighted by atomic mass is 16.4. The highest BCUT2D eigenvalue weighted by Gasteiger charge is 2.15. The van der Waals surface area contributed by atoms with Gasteiger partial charge in [-0.25, -0.2) is 9.78 Å². The molecule has 3 N–H and O–H groups in total. The summed E-state index contributed by atoms with van der Waals surface area (Å²) >= 11 is 0. The predicted molar refractivity (Wildman–Crippen MR) is 44.7 cm³/mol. The van der Waals surface area contributed by atoms with Gasteiger partial charge in [0.15, 0.2) is 11.4 Å². The quantitative estimate of drug-likeness (QED) is 0.607. The lowest BCUT2D eigenvalue weighted by molar-refractivity contribution is 0.0688. The Morgan fingerprint density at radius 1 is 1.54 bits per heavy atom. The molecule has 2 rings (SSSR count). The summed E-state index contributed by atoms with van der Waals surface area (Å²) in [5.74, 6) is -1.47. The molecule has 0 radical (unpaired) electrons. The van der Waals surface area contributed by atoms with E-state index < -0.39 is 5.97 Å². The molecule has 2 heterocycles. The van der Waals surface area contributed by atoms with Crippen LogP contribution in [-0.2, 0) is 0 Å². The third-order valence-electron chi connectivity index (χ3n) is 1.76. The van der Waals surface area contributed by atoms with Gasteiger partial charge in [-0.2, -0.15) is 0 Å². The van der Waals surface area contributed by atoms with Crippen molar-refractivity contribution in [3.05, 3.63) is 24.0 Å². The number of carboxylic acids is 1. The van der Waals surface area contributed by atoms with Crippen molar-refractivity contribution in [2.45, 2.75) is 0 Å². The zero-order valence-electron chi connectivity index (χ0n) is 6.48. The Morgan fingerprint density at radius 3 is 2.92 bits per heavy atom. The van der Waals surface area contributed by atoms with Crippen molar-refractivity contribution in [1.29, 1.82) is 0 Å². The van der Waals surface area contributed by atoms with Gasteiger partial charge >= 0.3 is 5.97 Å². The molecule has 0 amide bonds. The van der Waals surface area contributed by atoms with Gasteiger partial charge in [0, 0.05) is 6.20 Å². The van der Waals surface area contributed by atoms with Crippen LogP contribution in [0.2, 0.25) is 0 Å². The highest BCUT2D eigenvalue weighted by Crippen LogP contribution is 2.26. The summed E-state index contributed by atoms with van der Waals surface area (Å²) in [7, 11) is 0. The third kappa shape index (κ3) is 1.01. The smallest absolute Gasteiger partial charge is 0.356 e. The maximum atomic E-state index is 10.6. The molecular weight excluding hydrogens is 172 g/mol. The number of carbonyl (C=O) groups is 1. The molecule has 0 aliphatic rings. The number of nitrogens with one attached hydrogen (secondary N) is 1. The zero-order valence-corrected chi connectivity index (χ0v) is 6.48. The number of aromatic hydroxyl groups is 1. The number of aromatic amines is 1. The van der Waals surface area contributed by atoms with E-state index in [9.17, 15) is 9.90 Å². The van der Waals surface area contributed by atoms with E-state index in [1.807, 2.05) is 0 Å². The normalized spacial score (nSPS) is 10.5. The number of pyridine rings is 1. The Hall–Kier alpha value is -2.04. The van der Waals surface area contributed by atoms with Crippen molar-refractivity contribution in [1.82, 2.24) is 9.97 Å². The van der Waals surface area contributed by atoms with E-state index in [4.69, 9.17) is 5.11 Å². The number of aromatic carboxylic acids is 1. The number of fused-ring (bicyclic) bond motifs is 1. The number of H-pyrrole nitrogens is 1. The topological polar surface area (TPSA) is 86.2 Å². The lowest BCUT2D eigenvalue weighted by Crippen LogP contribution is -1.95. The van der Waals surface area contributed by atoms with Crippen LogP contribution in [0.5, 0.6) is 5.75 Å². The Bertz CT molecular complexity index is 475. The summed E-state index contributed by atoms with van der Waals surface area (Å²) in [5.41, 5.74) is 0.145. The van der Waals surface area contributed by atoms with E-state index >= 15 is 0 Å². The summed E-state index contributed by atoms with van der Waals surface area (Å²) in [6.07, 6.45) is 1.52. The van der Waals surface area contributed by atoms with E-state index in [0.29, 0.717) is 11.0 Å². The molecule has 66 valence electrons. The molecule has 0 unspecified atom stereocenters. The van der Waals surface area contributed by atoms with Crippen molar-refractivity contribution in [3.63, 3.8) is 0 Å². The summed E-state index contributed by atoms with van der Waals surface area (Å²) < 4.78 is 0. The van der Waals surface area contributed by atoms with Gasteiger partial charge in [-0.15, -0.1) is 0 Å². The molecule has 2 aromatic heterocycles. The molecule has 0 aliphatic heterocycles. The number of aromatic nitrogens is 2. The van der Waals surface area contributed by atoms with E-state index in [0.717, 1.165) is 0 Å². The Kier molecular flexibility index (Phi) is 1.45. The van der Waals surface area contributed by atoms with Gasteiger partial charge in [0.2, 0.25) is 0 Å². The summed E-state index contributed by atoms with van der Waals surface area (Å²) in [4.78, 5) is 16.9. The number of rotatable bonds is 1. The van der Waals surface area contributed by atoms with Crippen LogP contribution in [0.3, 0.4) is 0 Å². The van der Waals surface area contributed by atoms with Crippen molar-refractivity contribution in [3.8, 4) is 5.75 Å². The van der Waals surface area contributed by atoms with Gasteiger partial charge < -0.3 is 15.2 Å². The van der Waals surface area contributed by atoms with Crippen LogP contribution < -0.4 is 0 Å². The van der Waals surface area contributed by atoms with Crippen LogP contribution in [0.4, 0.5) is 0 Å². The summed E-state index contributed by atoms with van der Waals surface area (Å²) in [5, 5.41) is 18.5. The third-order valence-corrected chi connectivity index (χ3v) is 1.76. The second kappa shape index (κ2) is 2.48. The van der Waals surface area contributed by atoms with Gasteiger partial charge in [-0.1, -0.05) is 0 Å². The standard InChI is InChI=1S/C8H6N2O3/c11-6-4-2-1-3-9-7(4)10-5(6)8(12)13/h1-3,11H,(H,9,10)(H,12,13). The fraction of sp³-hybridized carbons (Fsp3) is 0. The maximum Gasteiger partial charge on any atom is 0.356 e. The molecule has 2 aromatic rings. The number of hydrogen-bond acceptors (Lipinski definition) is 3. The Balaban J connectivity index is 2.81. The van der Waals surface area contributed by atoms with Crippen LogP contribution >= 0.6 is 0 Å². The SMILES string of the molecule is O=C(O)c1[nH]c2ncccc2c1O. The van der Waals surface area contributed by atoms with Gasteiger partial charge in [0.05, 0.1) is 5.39 Å². The lowest BCUT2D eigenvalue weighted by Gasteiger charge is -1.88. The molecule has 0 saturated carbocycles. The van der Waals surface area contributed by atoms with Crippen LogP contribution in [0.1, 0.15) is 10.5 Å². The van der Waals surface area contributed by atoms with Gasteiger partial charge in [0.1, 0.15) is 5.65 Å². The minimum Gasteiger partial charge on any atom is -0.505 e. The largest absolute Gasteiger partial charge is 0.505 e. The molecule has 0 spiro atoms. The monoisotopic (exact) mass is 178 g/mol. The molecule has 0 aromatic carbocycles. The van der Waals surface area contributed by atoms with E-state index in [-0.39, 0.29) is 11.4 Å². The minimum atomic E-state index is -1.20. The zero-order chi connectivity index (χ0) is 9.42. The fourth-order valence-corrected chi connectivity index (χ4v) is 1.16. The molecule has 0 aliphatic carbocycles. The van der Waals surface area contributed by atoms with Gasteiger partial charge in [0.25, 0.3) is 0 Å². The fourth-order valence-electron chi connectivity index (χ4n) is 1.16. The first-order valence-corrected chi connectivity index (χ1v) is 3.59. The second-order valence-corrected chi connectivity index (χ2v) is 2.55. The van der Waals surface area contributed by atoms with E-state index in [1.165, 1.54) is 6.20 Å². The number of nitrogens with zero attached hydrogens (tertiary/aromatic N) is 1. The van der Waals surface area contributed by atoms with Crippen LogP contribution in [0.15, 0.2) is 18.3 Å². The first-order chi connectivity index (χ1) is 6.20. The summed E-state index contributed by atoms with van der Waals surface area (Å²) in [6.45, 7) is 0. The first-order valence-electron chi connectivity index (χ1n) is 3.59. The van der Waals surface area contributed by atoms with Gasteiger partial charge in [-0.3, -0.25) is 0 Å². The van der Waals surface area contributed by atoms with Gasteiger partial charge in [-0.05, 0) is 12.1 Å². The molecule has 0 fully saturated rings. The Labute approximate surface area is 72.7 Å². The molecule has 0 atom stereocenters. The lowest BCUT2D eigenvalue weighted by atomic mass is 10.3. The highest BCUT2D eigenvalue weighted by molar-refractivity contribution is 5.98. The van der Waals surface area contributed by atoms with Crippen molar-refractivity contribution in [2.24, 2.45) is 0 Å². The molecular formula is C8H6N2O3. The molecule has 5 heteroatoms. The number of carboxylic acid groups (broad SMARTS) is 1. The predicted octanol–water partition coefficient (Wildman–Crippen LogP) is 0.967. The van der Waals surface area contributed by atoms with Crippen molar-refractivity contribution < 1.29 is 15.0 Å². The van der Waals surface area contributed by atoms with Crippen LogP contribution in [-0.4, -0.2) is 26.2 Å². The van der Waals surface area contributed by atoms with E-state index in [1.54, 1.807) is 12.1 Å². The second-order valence-electron chi connectivity index (χ2n) is 2.55. The summed E-state index contributed by atoms with van der Waals surface area (Å²) in [6, 6.07) is 3.22. The Morgan fingerprint density at radius 2 is 2.31 bits per heavy atom. The molecule has 5 nitrogen and oxygen atoms in total.